The lowest BCUT2D eigenvalue weighted by Gasteiger charge is -2.07. The molecular formula is C15H16OS. The summed E-state index contributed by atoms with van der Waals surface area (Å²) in [7, 11) is 0. The van der Waals surface area contributed by atoms with Crippen LogP contribution in [0.4, 0.5) is 0 Å². The first-order valence-corrected chi connectivity index (χ1v) is 6.42. The molecule has 0 aliphatic heterocycles. The molecule has 1 nitrogen and oxygen atoms in total. The quantitative estimate of drug-likeness (QED) is 0.841. The van der Waals surface area contributed by atoms with E-state index < -0.39 is 0 Å². The van der Waals surface area contributed by atoms with E-state index >= 15 is 0 Å². The fourth-order valence-corrected chi connectivity index (χ4v) is 2.73. The molecule has 0 amide bonds. The predicted molar refractivity (Wildman–Crippen MR) is 72.9 cm³/mol. The van der Waals surface area contributed by atoms with E-state index in [2.05, 4.69) is 31.2 Å². The largest absolute Gasteiger partial charge is 0.507 e. The zero-order valence-electron chi connectivity index (χ0n) is 10.3. The van der Waals surface area contributed by atoms with Gasteiger partial charge in [-0.2, -0.15) is 0 Å². The second kappa shape index (κ2) is 4.84. The first-order valence-electron chi connectivity index (χ1n) is 5.61. The lowest BCUT2D eigenvalue weighted by molar-refractivity contribution is 0.466. The molecule has 17 heavy (non-hydrogen) atoms. The van der Waals surface area contributed by atoms with Crippen LogP contribution in [0.2, 0.25) is 0 Å². The van der Waals surface area contributed by atoms with E-state index in [1.807, 2.05) is 26.0 Å². The molecule has 0 unspecified atom stereocenters. The molecular weight excluding hydrogens is 228 g/mol. The molecule has 2 heteroatoms. The molecule has 0 radical (unpaired) electrons. The zero-order chi connectivity index (χ0) is 12.4. The van der Waals surface area contributed by atoms with E-state index in [1.54, 1.807) is 11.8 Å². The fourth-order valence-electron chi connectivity index (χ4n) is 1.72. The lowest BCUT2D eigenvalue weighted by atomic mass is 10.1. The van der Waals surface area contributed by atoms with E-state index in [1.165, 1.54) is 15.4 Å². The van der Waals surface area contributed by atoms with Crippen LogP contribution in [0, 0.1) is 20.8 Å². The van der Waals surface area contributed by atoms with Crippen molar-refractivity contribution in [3.63, 3.8) is 0 Å². The molecule has 0 bridgehead atoms. The molecule has 88 valence electrons. The number of phenolic OH excluding ortho intramolecular Hbond substituents is 1. The summed E-state index contributed by atoms with van der Waals surface area (Å²) in [5, 5.41) is 9.72. The topological polar surface area (TPSA) is 20.2 Å². The third kappa shape index (κ3) is 2.83. The van der Waals surface area contributed by atoms with Crippen molar-refractivity contribution in [3.05, 3.63) is 53.1 Å². The normalized spacial score (nSPS) is 10.5. The van der Waals surface area contributed by atoms with Gasteiger partial charge in [0.05, 0.1) is 0 Å². The van der Waals surface area contributed by atoms with Crippen LogP contribution in [-0.2, 0) is 0 Å². The molecule has 0 aliphatic carbocycles. The molecule has 0 fully saturated rings. The number of hydrogen-bond acceptors (Lipinski definition) is 2. The maximum Gasteiger partial charge on any atom is 0.121 e. The fraction of sp³-hybridized carbons (Fsp3) is 0.200. The highest BCUT2D eigenvalue weighted by Crippen LogP contribution is 2.32. The van der Waals surface area contributed by atoms with Crippen molar-refractivity contribution in [3.8, 4) is 5.75 Å². The average Bonchev–Trinajstić information content (AvgIpc) is 2.29. The highest BCUT2D eigenvalue weighted by molar-refractivity contribution is 7.99. The second-order valence-corrected chi connectivity index (χ2v) is 5.47. The molecule has 2 aromatic rings. The Morgan fingerprint density at radius 1 is 0.824 bits per heavy atom. The van der Waals surface area contributed by atoms with E-state index in [0.717, 1.165) is 11.1 Å². The Morgan fingerprint density at radius 2 is 1.35 bits per heavy atom. The van der Waals surface area contributed by atoms with E-state index in [0.29, 0.717) is 5.75 Å². The van der Waals surface area contributed by atoms with Gasteiger partial charge in [0.2, 0.25) is 0 Å². The Hall–Kier alpha value is -1.41. The molecule has 0 atom stereocenters. The number of benzene rings is 2. The first kappa shape index (κ1) is 12.1. The highest BCUT2D eigenvalue weighted by atomic mass is 32.2. The van der Waals surface area contributed by atoms with E-state index in [4.69, 9.17) is 0 Å². The van der Waals surface area contributed by atoms with Gasteiger partial charge in [-0.05, 0) is 56.2 Å². The van der Waals surface area contributed by atoms with Gasteiger partial charge in [-0.3, -0.25) is 0 Å². The van der Waals surface area contributed by atoms with Crippen molar-refractivity contribution in [1.82, 2.24) is 0 Å². The zero-order valence-corrected chi connectivity index (χ0v) is 11.1. The molecule has 0 spiro atoms. The summed E-state index contributed by atoms with van der Waals surface area (Å²) in [6.45, 7) is 5.95. The second-order valence-electron chi connectivity index (χ2n) is 4.32. The summed E-state index contributed by atoms with van der Waals surface area (Å²) in [6.07, 6.45) is 0. The third-order valence-corrected chi connectivity index (χ3v) is 3.70. The van der Waals surface area contributed by atoms with Crippen molar-refractivity contribution in [1.29, 1.82) is 0 Å². The summed E-state index contributed by atoms with van der Waals surface area (Å²) >= 11 is 1.72. The molecule has 0 saturated heterocycles. The Bertz CT molecular complexity index is 506. The number of phenols is 1. The lowest BCUT2D eigenvalue weighted by Crippen LogP contribution is -1.83. The molecule has 2 rings (SSSR count). The van der Waals surface area contributed by atoms with Gasteiger partial charge in [0.25, 0.3) is 0 Å². The number of aromatic hydroxyl groups is 1. The van der Waals surface area contributed by atoms with Gasteiger partial charge in [0.1, 0.15) is 5.75 Å². The van der Waals surface area contributed by atoms with Crippen LogP contribution >= 0.6 is 11.8 Å². The number of rotatable bonds is 2. The van der Waals surface area contributed by atoms with Gasteiger partial charge in [-0.1, -0.05) is 29.5 Å². The van der Waals surface area contributed by atoms with Gasteiger partial charge in [0.15, 0.2) is 0 Å². The predicted octanol–water partition coefficient (Wildman–Crippen LogP) is 4.47. The molecule has 2 aromatic carbocycles. The smallest absolute Gasteiger partial charge is 0.121 e. The van der Waals surface area contributed by atoms with E-state index in [-0.39, 0.29) is 0 Å². The maximum atomic E-state index is 9.72. The van der Waals surface area contributed by atoms with Gasteiger partial charge in [0, 0.05) is 9.79 Å². The van der Waals surface area contributed by atoms with Gasteiger partial charge >= 0.3 is 0 Å². The van der Waals surface area contributed by atoms with Crippen molar-refractivity contribution in [2.75, 3.05) is 0 Å². The SMILES string of the molecule is Cc1ccc(Sc2cc(C)c(O)c(C)c2)cc1. The Morgan fingerprint density at radius 3 is 1.88 bits per heavy atom. The van der Waals surface area contributed by atoms with Crippen LogP contribution < -0.4 is 0 Å². The van der Waals surface area contributed by atoms with Crippen LogP contribution in [0.1, 0.15) is 16.7 Å². The molecule has 0 heterocycles. The van der Waals surface area contributed by atoms with Crippen LogP contribution in [0.25, 0.3) is 0 Å². The standard InChI is InChI=1S/C15H16OS/c1-10-4-6-13(7-5-10)17-14-8-11(2)15(16)12(3)9-14/h4-9,16H,1-3H3. The van der Waals surface area contributed by atoms with Crippen LogP contribution in [0.3, 0.4) is 0 Å². The average molecular weight is 244 g/mol. The van der Waals surface area contributed by atoms with Crippen LogP contribution in [0.5, 0.6) is 5.75 Å². The number of aryl methyl sites for hydroxylation is 3. The highest BCUT2D eigenvalue weighted by Gasteiger charge is 2.04. The molecule has 0 saturated carbocycles. The summed E-state index contributed by atoms with van der Waals surface area (Å²) in [5.74, 6) is 0.401. The minimum absolute atomic E-state index is 0.401. The van der Waals surface area contributed by atoms with Crippen molar-refractivity contribution < 1.29 is 5.11 Å². The Balaban J connectivity index is 2.27. The van der Waals surface area contributed by atoms with Gasteiger partial charge in [-0.15, -0.1) is 0 Å². The summed E-state index contributed by atoms with van der Waals surface area (Å²) < 4.78 is 0. The van der Waals surface area contributed by atoms with Crippen molar-refractivity contribution in [2.45, 2.75) is 30.6 Å². The third-order valence-electron chi connectivity index (χ3n) is 2.72. The van der Waals surface area contributed by atoms with Crippen LogP contribution in [-0.4, -0.2) is 5.11 Å². The summed E-state index contributed by atoms with van der Waals surface area (Å²) in [5.41, 5.74) is 3.13. The van der Waals surface area contributed by atoms with Crippen LogP contribution in [0.15, 0.2) is 46.2 Å². The van der Waals surface area contributed by atoms with Gasteiger partial charge < -0.3 is 5.11 Å². The van der Waals surface area contributed by atoms with E-state index in [9.17, 15) is 5.11 Å². The first-order chi connectivity index (χ1) is 8.06. The van der Waals surface area contributed by atoms with Gasteiger partial charge in [-0.25, -0.2) is 0 Å². The molecule has 0 aliphatic rings. The van der Waals surface area contributed by atoms with Crippen molar-refractivity contribution in [2.24, 2.45) is 0 Å². The Kier molecular flexibility index (Phi) is 3.43. The minimum atomic E-state index is 0.401. The molecule has 0 aromatic heterocycles. The Labute approximate surface area is 107 Å². The minimum Gasteiger partial charge on any atom is -0.507 e. The van der Waals surface area contributed by atoms with Crippen molar-refractivity contribution >= 4 is 11.8 Å². The number of hydrogen-bond donors (Lipinski definition) is 1. The summed E-state index contributed by atoms with van der Waals surface area (Å²) in [4.78, 5) is 2.39. The maximum absolute atomic E-state index is 9.72. The monoisotopic (exact) mass is 244 g/mol. The molecule has 1 N–H and O–H groups in total. The summed E-state index contributed by atoms with van der Waals surface area (Å²) in [6, 6.07) is 12.5.